The number of halogens is 1. The lowest BCUT2D eigenvalue weighted by Gasteiger charge is -2.29. The van der Waals surface area contributed by atoms with Crippen molar-refractivity contribution in [2.24, 2.45) is 0 Å². The molecule has 1 atom stereocenters. The molecule has 0 bridgehead atoms. The summed E-state index contributed by atoms with van der Waals surface area (Å²) in [5.41, 5.74) is 0.567. The topological polar surface area (TPSA) is 135 Å². The zero-order chi connectivity index (χ0) is 25.6. The molecule has 1 aromatic heterocycles. The Kier molecular flexibility index (Phi) is 8.71. The summed E-state index contributed by atoms with van der Waals surface area (Å²) in [5, 5.41) is 3.89. The van der Waals surface area contributed by atoms with Crippen molar-refractivity contribution in [2.45, 2.75) is 30.9 Å². The average Bonchev–Trinajstić information content (AvgIpc) is 2.81. The van der Waals surface area contributed by atoms with Crippen LogP contribution in [0.2, 0.25) is 5.02 Å². The van der Waals surface area contributed by atoms with Gasteiger partial charge in [0.05, 0.1) is 18.0 Å². The number of methoxy groups -OCH3 is 1. The van der Waals surface area contributed by atoms with E-state index in [2.05, 4.69) is 10.3 Å². The van der Waals surface area contributed by atoms with Crippen LogP contribution in [0.4, 0.5) is 4.79 Å². The number of pyridine rings is 1. The number of benzene rings is 1. The second-order valence-corrected chi connectivity index (χ2v) is 10.2. The minimum Gasteiger partial charge on any atom is -0.444 e. The average molecular weight is 524 g/mol. The molecule has 0 aliphatic carbocycles. The molecule has 0 radical (unpaired) electrons. The molecule has 0 spiro atoms. The summed E-state index contributed by atoms with van der Waals surface area (Å²) in [6.45, 7) is 2.40. The molecule has 2 heterocycles. The van der Waals surface area contributed by atoms with E-state index in [1.54, 1.807) is 6.92 Å². The van der Waals surface area contributed by atoms with Gasteiger partial charge in [-0.3, -0.25) is 9.59 Å². The minimum absolute atomic E-state index is 0.0651. The first kappa shape index (κ1) is 26.5. The third kappa shape index (κ3) is 6.93. The van der Waals surface area contributed by atoms with E-state index >= 15 is 0 Å². The summed E-state index contributed by atoms with van der Waals surface area (Å²) in [4.78, 5) is 41.6. The molecule has 35 heavy (non-hydrogen) atoms. The Balaban J connectivity index is 1.64. The van der Waals surface area contributed by atoms with Gasteiger partial charge in [-0.2, -0.15) is 0 Å². The van der Waals surface area contributed by atoms with Crippen molar-refractivity contribution in [2.75, 3.05) is 26.8 Å². The van der Waals surface area contributed by atoms with E-state index in [1.165, 1.54) is 48.4 Å². The van der Waals surface area contributed by atoms with E-state index in [4.69, 9.17) is 21.1 Å². The number of nitrogens with one attached hydrogen (secondary N) is 2. The lowest BCUT2D eigenvalue weighted by Crippen LogP contribution is -2.40. The van der Waals surface area contributed by atoms with Crippen LogP contribution in [0, 0.1) is 0 Å². The van der Waals surface area contributed by atoms with Gasteiger partial charge in [-0.1, -0.05) is 17.7 Å². The van der Waals surface area contributed by atoms with Crippen LogP contribution in [0.25, 0.3) is 0 Å². The normalized spacial score (nSPS) is 14.4. The molecular weight excluding hydrogens is 498 g/mol. The van der Waals surface area contributed by atoms with Crippen LogP contribution < -0.4 is 10.9 Å². The number of carbonyl (C=O) groups excluding carboxylic acids is 2. The first-order valence-corrected chi connectivity index (χ1v) is 12.7. The Morgan fingerprint density at radius 3 is 2.69 bits per heavy atom. The highest BCUT2D eigenvalue weighted by atomic mass is 35.5. The van der Waals surface area contributed by atoms with Crippen LogP contribution in [0.5, 0.6) is 0 Å². The van der Waals surface area contributed by atoms with Crippen molar-refractivity contribution in [3.05, 3.63) is 74.0 Å². The van der Waals surface area contributed by atoms with Gasteiger partial charge in [-0.05, 0) is 42.8 Å². The van der Waals surface area contributed by atoms with Crippen molar-refractivity contribution >= 4 is 33.4 Å². The first-order valence-electron chi connectivity index (χ1n) is 10.8. The Hall–Kier alpha value is -3.15. The van der Waals surface area contributed by atoms with E-state index in [-0.39, 0.29) is 30.2 Å². The fraction of sp³-hybridized carbons (Fsp3) is 0.348. The highest BCUT2D eigenvalue weighted by molar-refractivity contribution is 7.94. The summed E-state index contributed by atoms with van der Waals surface area (Å²) >= 11 is 5.77. The summed E-state index contributed by atoms with van der Waals surface area (Å²) in [7, 11) is -2.19. The molecule has 0 saturated carbocycles. The molecule has 0 saturated heterocycles. The molecule has 1 aliphatic rings. The lowest BCUT2D eigenvalue weighted by molar-refractivity contribution is 0.0263. The van der Waals surface area contributed by atoms with Crippen LogP contribution in [0.15, 0.2) is 51.5 Å². The number of aromatic nitrogens is 1. The molecule has 3 rings (SSSR count). The third-order valence-corrected chi connectivity index (χ3v) is 6.94. The maximum atomic E-state index is 12.6. The molecule has 10 nitrogen and oxygen atoms in total. The minimum atomic E-state index is -3.70. The van der Waals surface area contributed by atoms with Crippen LogP contribution in [0.1, 0.15) is 28.5 Å². The van der Waals surface area contributed by atoms with E-state index in [0.717, 1.165) is 5.41 Å². The highest BCUT2D eigenvalue weighted by Crippen LogP contribution is 2.18. The molecule has 2 aromatic rings. The molecule has 188 valence electrons. The monoisotopic (exact) mass is 523 g/mol. The number of carbonyl (C=O) groups is 2. The van der Waals surface area contributed by atoms with Crippen LogP contribution in [0.3, 0.4) is 0 Å². The fourth-order valence-electron chi connectivity index (χ4n) is 3.47. The van der Waals surface area contributed by atoms with Gasteiger partial charge in [0.25, 0.3) is 11.5 Å². The molecule has 1 aromatic carbocycles. The Morgan fingerprint density at radius 2 is 2.00 bits per heavy atom. The number of ether oxygens (including phenoxy) is 2. The Morgan fingerprint density at radius 1 is 1.29 bits per heavy atom. The number of H-pyrrole nitrogens is 1. The molecule has 0 fully saturated rings. The molecule has 1 unspecified atom stereocenters. The van der Waals surface area contributed by atoms with Crippen LogP contribution in [-0.4, -0.2) is 63.2 Å². The van der Waals surface area contributed by atoms with Gasteiger partial charge in [0, 0.05) is 42.7 Å². The van der Waals surface area contributed by atoms with E-state index in [0.29, 0.717) is 29.2 Å². The Labute approximate surface area is 207 Å². The molecule has 2 amide bonds. The standard InChI is InChI=1S/C23H26ClN3O7S/c1-15(14-33-2)34-23(30)27-10-8-20-16(13-27)12-19(22(29)26-20)21(28)25-9-3-11-35(31,32)18-6-4-17(24)5-7-18/h3-7,11-12,15H,8-10,13-14H2,1-2H3,(H,25,28)(H,26,29)/b11-3+. The first-order chi connectivity index (χ1) is 16.6. The number of rotatable bonds is 8. The van der Waals surface area contributed by atoms with E-state index in [9.17, 15) is 22.8 Å². The van der Waals surface area contributed by atoms with Gasteiger partial charge in [0.15, 0.2) is 9.84 Å². The second-order valence-electron chi connectivity index (χ2n) is 7.92. The SMILES string of the molecule is COCC(C)OC(=O)N1CCc2[nH]c(=O)c(C(=O)NC/C=C/S(=O)(=O)c3ccc(Cl)cc3)cc2C1. The van der Waals surface area contributed by atoms with Gasteiger partial charge in [0.2, 0.25) is 0 Å². The molecular formula is C23H26ClN3O7S. The number of nitrogens with zero attached hydrogens (tertiary/aromatic N) is 1. The number of aromatic amines is 1. The predicted molar refractivity (Wildman–Crippen MR) is 129 cm³/mol. The molecule has 1 aliphatic heterocycles. The predicted octanol–water partition coefficient (Wildman–Crippen LogP) is 2.28. The second kappa shape index (κ2) is 11.5. The Bertz CT molecular complexity index is 1270. The molecule has 12 heteroatoms. The van der Waals surface area contributed by atoms with Crippen LogP contribution >= 0.6 is 11.6 Å². The summed E-state index contributed by atoms with van der Waals surface area (Å²) in [6.07, 6.45) is 0.755. The molecule has 2 N–H and O–H groups in total. The largest absolute Gasteiger partial charge is 0.444 e. The van der Waals surface area contributed by atoms with E-state index in [1.807, 2.05) is 0 Å². The third-order valence-electron chi connectivity index (χ3n) is 5.21. The quantitative estimate of drug-likeness (QED) is 0.542. The number of fused-ring (bicyclic) bond motifs is 1. The maximum absolute atomic E-state index is 12.6. The maximum Gasteiger partial charge on any atom is 0.410 e. The summed E-state index contributed by atoms with van der Waals surface area (Å²) in [6, 6.07) is 7.13. The zero-order valence-electron chi connectivity index (χ0n) is 19.2. The summed E-state index contributed by atoms with van der Waals surface area (Å²) < 4.78 is 34.9. The van der Waals surface area contributed by atoms with Crippen molar-refractivity contribution in [3.63, 3.8) is 0 Å². The van der Waals surface area contributed by atoms with Crippen LogP contribution in [-0.2, 0) is 32.3 Å². The van der Waals surface area contributed by atoms with Gasteiger partial charge in [-0.15, -0.1) is 0 Å². The van der Waals surface area contributed by atoms with Crippen molar-refractivity contribution in [3.8, 4) is 0 Å². The fourth-order valence-corrected chi connectivity index (χ4v) is 4.62. The van der Waals surface area contributed by atoms with Gasteiger partial charge in [-0.25, -0.2) is 13.2 Å². The summed E-state index contributed by atoms with van der Waals surface area (Å²) in [5.74, 6) is -0.670. The van der Waals surface area contributed by atoms with E-state index < -0.39 is 33.5 Å². The van der Waals surface area contributed by atoms with Gasteiger partial charge >= 0.3 is 6.09 Å². The van der Waals surface area contributed by atoms with Gasteiger partial charge < -0.3 is 24.7 Å². The smallest absolute Gasteiger partial charge is 0.410 e. The highest BCUT2D eigenvalue weighted by Gasteiger charge is 2.25. The zero-order valence-corrected chi connectivity index (χ0v) is 20.8. The van der Waals surface area contributed by atoms with Crippen molar-refractivity contribution in [1.82, 2.24) is 15.2 Å². The number of sulfone groups is 1. The van der Waals surface area contributed by atoms with Gasteiger partial charge in [0.1, 0.15) is 11.7 Å². The lowest BCUT2D eigenvalue weighted by atomic mass is 10.0. The van der Waals surface area contributed by atoms with Crippen molar-refractivity contribution in [1.29, 1.82) is 0 Å². The number of hydrogen-bond acceptors (Lipinski definition) is 7. The number of hydrogen-bond donors (Lipinski definition) is 2. The number of amides is 2. The van der Waals surface area contributed by atoms with Crippen molar-refractivity contribution < 1.29 is 27.5 Å².